The third kappa shape index (κ3) is 3.78. The summed E-state index contributed by atoms with van der Waals surface area (Å²) in [7, 11) is 3.58. The van der Waals surface area contributed by atoms with E-state index < -0.39 is 0 Å². The Morgan fingerprint density at radius 1 is 1.26 bits per heavy atom. The van der Waals surface area contributed by atoms with E-state index in [-0.39, 0.29) is 18.3 Å². The number of fused-ring (bicyclic) bond motifs is 1. The van der Waals surface area contributed by atoms with Gasteiger partial charge in [-0.05, 0) is 37.1 Å². The Morgan fingerprint density at radius 2 is 2.00 bits per heavy atom. The Balaban J connectivity index is 1.81. The minimum Gasteiger partial charge on any atom is -0.375 e. The van der Waals surface area contributed by atoms with Crippen LogP contribution in [0.5, 0.6) is 0 Å². The highest BCUT2D eigenvalue weighted by Gasteiger charge is 2.19. The van der Waals surface area contributed by atoms with E-state index in [1.807, 2.05) is 26.8 Å². The Morgan fingerprint density at radius 3 is 2.63 bits per heavy atom. The second kappa shape index (κ2) is 7.60. The zero-order chi connectivity index (χ0) is 19.7. The van der Waals surface area contributed by atoms with Crippen molar-refractivity contribution in [1.29, 1.82) is 0 Å². The lowest BCUT2D eigenvalue weighted by molar-refractivity contribution is 0.0954. The zero-order valence-corrected chi connectivity index (χ0v) is 17.0. The van der Waals surface area contributed by atoms with Crippen LogP contribution in [-0.2, 0) is 13.0 Å². The number of nitrogens with zero attached hydrogens (tertiary/aromatic N) is 3. The number of rotatable bonds is 5. The summed E-state index contributed by atoms with van der Waals surface area (Å²) in [6.07, 6.45) is 0.754. The molecule has 0 saturated heterocycles. The molecule has 0 aliphatic rings. The number of anilines is 1. The summed E-state index contributed by atoms with van der Waals surface area (Å²) in [6, 6.07) is 4.99. The highest BCUT2D eigenvalue weighted by Crippen LogP contribution is 2.31. The maximum atomic E-state index is 14.1. The van der Waals surface area contributed by atoms with Crippen molar-refractivity contribution in [2.75, 3.05) is 19.0 Å². The van der Waals surface area contributed by atoms with Gasteiger partial charge in [-0.25, -0.2) is 14.4 Å². The van der Waals surface area contributed by atoms with Crippen LogP contribution >= 0.6 is 11.3 Å². The van der Waals surface area contributed by atoms with Gasteiger partial charge in [-0.2, -0.15) is 0 Å². The molecule has 0 spiro atoms. The molecule has 5 nitrogen and oxygen atoms in total. The molecule has 0 aliphatic carbocycles. The topological polar surface area (TPSA) is 58.1 Å². The van der Waals surface area contributed by atoms with Crippen molar-refractivity contribution in [3.63, 3.8) is 0 Å². The van der Waals surface area contributed by atoms with Crippen LogP contribution in [0, 0.1) is 19.7 Å². The van der Waals surface area contributed by atoms with E-state index in [2.05, 4.69) is 15.3 Å². The Hall–Kier alpha value is -2.54. The number of carbonyl (C=O) groups is 1. The van der Waals surface area contributed by atoms with Gasteiger partial charge in [0.15, 0.2) is 0 Å². The van der Waals surface area contributed by atoms with Gasteiger partial charge in [-0.15, -0.1) is 11.3 Å². The summed E-state index contributed by atoms with van der Waals surface area (Å²) >= 11 is 1.38. The van der Waals surface area contributed by atoms with Crippen molar-refractivity contribution < 1.29 is 9.18 Å². The second-order valence-corrected chi connectivity index (χ2v) is 7.68. The SMILES string of the molecule is CCc1nc(C)c2c(C)c(C(=O)NCc3ccc(N(C)C)c(F)c3)sc2n1. The molecule has 1 amide bonds. The molecule has 0 saturated carbocycles. The molecule has 0 fully saturated rings. The molecule has 0 radical (unpaired) electrons. The number of hydrogen-bond acceptors (Lipinski definition) is 5. The number of amides is 1. The minimum atomic E-state index is -0.303. The molecular formula is C20H23FN4OS. The van der Waals surface area contributed by atoms with Gasteiger partial charge >= 0.3 is 0 Å². The van der Waals surface area contributed by atoms with Crippen molar-refractivity contribution >= 4 is 33.1 Å². The first-order chi connectivity index (χ1) is 12.8. The fraction of sp³-hybridized carbons (Fsp3) is 0.350. The van der Waals surface area contributed by atoms with Gasteiger partial charge in [0.2, 0.25) is 0 Å². The molecule has 1 N–H and O–H groups in total. The zero-order valence-electron chi connectivity index (χ0n) is 16.2. The van der Waals surface area contributed by atoms with Gasteiger partial charge in [0, 0.05) is 38.1 Å². The van der Waals surface area contributed by atoms with Crippen LogP contribution in [-0.4, -0.2) is 30.0 Å². The number of aryl methyl sites for hydroxylation is 3. The molecule has 3 rings (SSSR count). The average Bonchev–Trinajstić information content (AvgIpc) is 2.96. The van der Waals surface area contributed by atoms with Crippen molar-refractivity contribution in [2.24, 2.45) is 0 Å². The minimum absolute atomic E-state index is 0.176. The third-order valence-electron chi connectivity index (χ3n) is 4.49. The monoisotopic (exact) mass is 386 g/mol. The molecule has 2 heterocycles. The highest BCUT2D eigenvalue weighted by molar-refractivity contribution is 7.20. The normalized spacial score (nSPS) is 11.0. The molecule has 0 atom stereocenters. The van der Waals surface area contributed by atoms with Crippen LogP contribution in [0.3, 0.4) is 0 Å². The Labute approximate surface area is 162 Å². The number of halogens is 1. The number of nitrogens with one attached hydrogen (secondary N) is 1. The molecule has 2 aromatic heterocycles. The van der Waals surface area contributed by atoms with Crippen molar-refractivity contribution in [2.45, 2.75) is 33.7 Å². The van der Waals surface area contributed by atoms with Crippen LogP contribution < -0.4 is 10.2 Å². The first-order valence-corrected chi connectivity index (χ1v) is 9.64. The lowest BCUT2D eigenvalue weighted by Gasteiger charge is -2.14. The van der Waals surface area contributed by atoms with Crippen molar-refractivity contribution in [1.82, 2.24) is 15.3 Å². The fourth-order valence-electron chi connectivity index (χ4n) is 3.06. The number of carbonyl (C=O) groups excluding carboxylic acids is 1. The molecule has 7 heteroatoms. The Kier molecular flexibility index (Phi) is 5.41. The van der Waals surface area contributed by atoms with Gasteiger partial charge in [0.25, 0.3) is 5.91 Å². The largest absolute Gasteiger partial charge is 0.375 e. The van der Waals surface area contributed by atoms with Gasteiger partial charge in [-0.1, -0.05) is 13.0 Å². The quantitative estimate of drug-likeness (QED) is 0.720. The summed E-state index contributed by atoms with van der Waals surface area (Å²) < 4.78 is 14.1. The maximum absolute atomic E-state index is 14.1. The van der Waals surface area contributed by atoms with E-state index in [1.165, 1.54) is 17.4 Å². The first kappa shape index (κ1) is 19.2. The van der Waals surface area contributed by atoms with Gasteiger partial charge < -0.3 is 10.2 Å². The van der Waals surface area contributed by atoms with Crippen LogP contribution in [0.15, 0.2) is 18.2 Å². The number of aromatic nitrogens is 2. The van der Waals surface area contributed by atoms with Crippen LogP contribution in [0.2, 0.25) is 0 Å². The number of thiophene rings is 1. The van der Waals surface area contributed by atoms with Gasteiger partial charge in [0.05, 0.1) is 10.6 Å². The molecule has 0 unspecified atom stereocenters. The van der Waals surface area contributed by atoms with Crippen molar-refractivity contribution in [3.05, 3.63) is 51.5 Å². The lowest BCUT2D eigenvalue weighted by Crippen LogP contribution is -2.22. The second-order valence-electron chi connectivity index (χ2n) is 6.68. The van der Waals surface area contributed by atoms with Crippen LogP contribution in [0.4, 0.5) is 10.1 Å². The van der Waals surface area contributed by atoms with Gasteiger partial charge in [-0.3, -0.25) is 4.79 Å². The molecule has 27 heavy (non-hydrogen) atoms. The van der Waals surface area contributed by atoms with E-state index in [9.17, 15) is 9.18 Å². The first-order valence-electron chi connectivity index (χ1n) is 8.82. The summed E-state index contributed by atoms with van der Waals surface area (Å²) in [6.45, 7) is 6.14. The van der Waals surface area contributed by atoms with Gasteiger partial charge in [0.1, 0.15) is 16.5 Å². The van der Waals surface area contributed by atoms with E-state index in [4.69, 9.17) is 0 Å². The average molecular weight is 386 g/mol. The standard InChI is InChI=1S/C20H23FN4OS/c1-6-16-23-12(3)17-11(2)18(27-20(17)24-16)19(26)22-10-13-7-8-15(25(4)5)14(21)9-13/h7-9H,6,10H2,1-5H3,(H,22,26). The Bertz CT molecular complexity index is 1010. The molecule has 142 valence electrons. The molecule has 1 aromatic carbocycles. The lowest BCUT2D eigenvalue weighted by atomic mass is 10.1. The van der Waals surface area contributed by atoms with E-state index in [1.54, 1.807) is 25.1 Å². The summed E-state index contributed by atoms with van der Waals surface area (Å²) in [4.78, 5) is 24.9. The number of hydrogen-bond donors (Lipinski definition) is 1. The highest BCUT2D eigenvalue weighted by atomic mass is 32.1. The smallest absolute Gasteiger partial charge is 0.261 e. The maximum Gasteiger partial charge on any atom is 0.261 e. The number of benzene rings is 1. The van der Waals surface area contributed by atoms with Crippen molar-refractivity contribution in [3.8, 4) is 0 Å². The van der Waals surface area contributed by atoms with Crippen LogP contribution in [0.1, 0.15) is 39.2 Å². The summed E-state index contributed by atoms with van der Waals surface area (Å²) in [5.41, 5.74) is 3.02. The van der Waals surface area contributed by atoms with E-state index in [0.717, 1.165) is 39.3 Å². The predicted octanol–water partition coefficient (Wildman–Crippen LogP) is 4.01. The third-order valence-corrected chi connectivity index (χ3v) is 5.67. The molecule has 3 aromatic rings. The van der Waals surface area contributed by atoms with Crippen LogP contribution in [0.25, 0.3) is 10.2 Å². The van der Waals surface area contributed by atoms with E-state index in [0.29, 0.717) is 10.6 Å². The molecule has 0 aliphatic heterocycles. The fourth-order valence-corrected chi connectivity index (χ4v) is 4.22. The van der Waals surface area contributed by atoms with E-state index >= 15 is 0 Å². The summed E-state index contributed by atoms with van der Waals surface area (Å²) in [5.74, 6) is 0.303. The molecule has 0 bridgehead atoms. The summed E-state index contributed by atoms with van der Waals surface area (Å²) in [5, 5.41) is 3.83. The molecular weight excluding hydrogens is 363 g/mol. The predicted molar refractivity (Wildman–Crippen MR) is 108 cm³/mol.